The molecular weight excluding hydrogens is 294 g/mol. The van der Waals surface area contributed by atoms with E-state index in [0.717, 1.165) is 17.7 Å². The molecule has 0 bridgehead atoms. The number of hydrogen-bond acceptors (Lipinski definition) is 4. The Bertz CT molecular complexity index is 537. The molecule has 0 aliphatic rings. The Kier molecular flexibility index (Phi) is 6.43. The Hall–Kier alpha value is -1.36. The number of aliphatic hydroxyl groups excluding tert-OH is 1. The zero-order valence-electron chi connectivity index (χ0n) is 13.5. The van der Waals surface area contributed by atoms with Gasteiger partial charge in [0.2, 0.25) is 0 Å². The fourth-order valence-corrected chi connectivity index (χ4v) is 2.99. The Balaban J connectivity index is 1.80. The molecule has 2 rings (SSSR count). The molecule has 0 aliphatic carbocycles. The number of nitrogens with one attached hydrogen (secondary N) is 1. The molecule has 0 radical (unpaired) electrons. The van der Waals surface area contributed by atoms with Gasteiger partial charge in [0.05, 0.1) is 12.2 Å². The standard InChI is InChI=1S/C18H25NO2S/c1-13(2)21-17-6-4-16(5-7-17)18(20)11-19-14(3)10-15-8-9-22-12-15/h4-9,12-14,18-20H,10-11H2,1-3H3. The molecule has 2 unspecified atom stereocenters. The minimum Gasteiger partial charge on any atom is -0.491 e. The first-order chi connectivity index (χ1) is 10.5. The van der Waals surface area contributed by atoms with Crippen molar-refractivity contribution < 1.29 is 9.84 Å². The van der Waals surface area contributed by atoms with Gasteiger partial charge in [-0.15, -0.1) is 0 Å². The molecule has 0 saturated heterocycles. The maximum Gasteiger partial charge on any atom is 0.119 e. The van der Waals surface area contributed by atoms with Crippen LogP contribution in [0.4, 0.5) is 0 Å². The first-order valence-electron chi connectivity index (χ1n) is 7.73. The Labute approximate surface area is 137 Å². The monoisotopic (exact) mass is 319 g/mol. The highest BCUT2D eigenvalue weighted by Crippen LogP contribution is 2.18. The number of rotatable bonds is 8. The van der Waals surface area contributed by atoms with E-state index in [0.29, 0.717) is 12.6 Å². The predicted molar refractivity (Wildman–Crippen MR) is 92.7 cm³/mol. The molecule has 2 aromatic rings. The fourth-order valence-electron chi connectivity index (χ4n) is 2.31. The largest absolute Gasteiger partial charge is 0.491 e. The normalized spacial score (nSPS) is 14.0. The lowest BCUT2D eigenvalue weighted by molar-refractivity contribution is 0.170. The third-order valence-electron chi connectivity index (χ3n) is 3.42. The number of thiophene rings is 1. The topological polar surface area (TPSA) is 41.5 Å². The third-order valence-corrected chi connectivity index (χ3v) is 4.15. The van der Waals surface area contributed by atoms with Gasteiger partial charge in [-0.2, -0.15) is 11.3 Å². The van der Waals surface area contributed by atoms with Crippen LogP contribution in [-0.4, -0.2) is 23.8 Å². The summed E-state index contributed by atoms with van der Waals surface area (Å²) in [6, 6.07) is 10.2. The van der Waals surface area contributed by atoms with Gasteiger partial charge in [-0.3, -0.25) is 0 Å². The molecule has 0 spiro atoms. The van der Waals surface area contributed by atoms with E-state index >= 15 is 0 Å². The molecule has 1 aromatic heterocycles. The van der Waals surface area contributed by atoms with Crippen molar-refractivity contribution in [3.63, 3.8) is 0 Å². The summed E-state index contributed by atoms with van der Waals surface area (Å²) in [4.78, 5) is 0. The Morgan fingerprint density at radius 1 is 1.14 bits per heavy atom. The predicted octanol–water partition coefficient (Wildman–Crippen LogP) is 3.79. The van der Waals surface area contributed by atoms with Crippen LogP contribution in [0.5, 0.6) is 5.75 Å². The van der Waals surface area contributed by atoms with Gasteiger partial charge in [-0.05, 0) is 67.3 Å². The SMILES string of the molecule is CC(Cc1ccsc1)NCC(O)c1ccc(OC(C)C)cc1. The number of ether oxygens (including phenoxy) is 1. The van der Waals surface area contributed by atoms with Crippen molar-refractivity contribution in [2.75, 3.05) is 6.54 Å². The highest BCUT2D eigenvalue weighted by atomic mass is 32.1. The maximum atomic E-state index is 10.3. The minimum absolute atomic E-state index is 0.162. The van der Waals surface area contributed by atoms with E-state index in [1.807, 2.05) is 38.1 Å². The molecule has 0 fully saturated rings. The van der Waals surface area contributed by atoms with Gasteiger partial charge in [-0.25, -0.2) is 0 Å². The first-order valence-corrected chi connectivity index (χ1v) is 8.68. The molecule has 120 valence electrons. The summed E-state index contributed by atoms with van der Waals surface area (Å²) in [7, 11) is 0. The van der Waals surface area contributed by atoms with E-state index < -0.39 is 6.10 Å². The maximum absolute atomic E-state index is 10.3. The van der Waals surface area contributed by atoms with Gasteiger partial charge in [0.1, 0.15) is 5.75 Å². The number of benzene rings is 1. The molecule has 22 heavy (non-hydrogen) atoms. The van der Waals surface area contributed by atoms with Crippen LogP contribution < -0.4 is 10.1 Å². The van der Waals surface area contributed by atoms with Crippen molar-refractivity contribution in [3.05, 3.63) is 52.2 Å². The van der Waals surface area contributed by atoms with Gasteiger partial charge >= 0.3 is 0 Å². The molecule has 0 aliphatic heterocycles. The Morgan fingerprint density at radius 2 is 1.86 bits per heavy atom. The van der Waals surface area contributed by atoms with E-state index in [1.165, 1.54) is 5.56 Å². The van der Waals surface area contributed by atoms with Gasteiger partial charge in [0, 0.05) is 12.6 Å². The van der Waals surface area contributed by atoms with Crippen LogP contribution in [0.3, 0.4) is 0 Å². The highest BCUT2D eigenvalue weighted by Gasteiger charge is 2.10. The lowest BCUT2D eigenvalue weighted by atomic mass is 10.1. The zero-order chi connectivity index (χ0) is 15.9. The van der Waals surface area contributed by atoms with E-state index in [9.17, 15) is 5.11 Å². The second-order valence-corrected chi connectivity index (χ2v) is 6.68. The van der Waals surface area contributed by atoms with E-state index in [1.54, 1.807) is 11.3 Å². The van der Waals surface area contributed by atoms with E-state index in [-0.39, 0.29) is 6.10 Å². The van der Waals surface area contributed by atoms with Crippen molar-refractivity contribution >= 4 is 11.3 Å². The van der Waals surface area contributed by atoms with E-state index in [4.69, 9.17) is 4.74 Å². The molecule has 1 aromatic carbocycles. The third kappa shape index (κ3) is 5.44. The van der Waals surface area contributed by atoms with Crippen LogP contribution in [0.2, 0.25) is 0 Å². The summed E-state index contributed by atoms with van der Waals surface area (Å²) in [6.07, 6.45) is 0.644. The lowest BCUT2D eigenvalue weighted by Gasteiger charge is -2.17. The molecule has 2 N–H and O–H groups in total. The average Bonchev–Trinajstić information content (AvgIpc) is 2.98. The van der Waals surface area contributed by atoms with Gasteiger partial charge in [0.15, 0.2) is 0 Å². The van der Waals surface area contributed by atoms with Gasteiger partial charge in [0.25, 0.3) is 0 Å². The lowest BCUT2D eigenvalue weighted by Crippen LogP contribution is -2.31. The second kappa shape index (κ2) is 8.32. The zero-order valence-corrected chi connectivity index (χ0v) is 14.3. The molecule has 0 amide bonds. The summed E-state index contributed by atoms with van der Waals surface area (Å²) in [5.41, 5.74) is 2.25. The van der Waals surface area contributed by atoms with Crippen LogP contribution in [-0.2, 0) is 6.42 Å². The van der Waals surface area contributed by atoms with Crippen molar-refractivity contribution in [2.24, 2.45) is 0 Å². The molecule has 3 nitrogen and oxygen atoms in total. The van der Waals surface area contributed by atoms with Crippen LogP contribution >= 0.6 is 11.3 Å². The van der Waals surface area contributed by atoms with Crippen molar-refractivity contribution in [1.82, 2.24) is 5.32 Å². The van der Waals surface area contributed by atoms with Crippen molar-refractivity contribution in [3.8, 4) is 5.75 Å². The number of aliphatic hydroxyl groups is 1. The summed E-state index contributed by atoms with van der Waals surface area (Å²) in [5, 5.41) is 17.9. The first kappa shape index (κ1) is 17.0. The smallest absolute Gasteiger partial charge is 0.119 e. The molecule has 2 atom stereocenters. The van der Waals surface area contributed by atoms with Crippen molar-refractivity contribution in [2.45, 2.75) is 45.4 Å². The molecule has 4 heteroatoms. The summed E-state index contributed by atoms with van der Waals surface area (Å²) < 4.78 is 5.61. The van der Waals surface area contributed by atoms with Crippen LogP contribution in [0.25, 0.3) is 0 Å². The molecular formula is C18H25NO2S. The van der Waals surface area contributed by atoms with Crippen LogP contribution in [0.1, 0.15) is 38.0 Å². The second-order valence-electron chi connectivity index (χ2n) is 5.90. The summed E-state index contributed by atoms with van der Waals surface area (Å²) >= 11 is 1.72. The summed E-state index contributed by atoms with van der Waals surface area (Å²) in [5.74, 6) is 0.838. The van der Waals surface area contributed by atoms with Crippen molar-refractivity contribution in [1.29, 1.82) is 0 Å². The van der Waals surface area contributed by atoms with Crippen LogP contribution in [0.15, 0.2) is 41.1 Å². The highest BCUT2D eigenvalue weighted by molar-refractivity contribution is 7.07. The molecule has 1 heterocycles. The van der Waals surface area contributed by atoms with Gasteiger partial charge < -0.3 is 15.2 Å². The van der Waals surface area contributed by atoms with Crippen LogP contribution in [0, 0.1) is 0 Å². The van der Waals surface area contributed by atoms with E-state index in [2.05, 4.69) is 29.1 Å². The quantitative estimate of drug-likeness (QED) is 0.778. The average molecular weight is 319 g/mol. The Morgan fingerprint density at radius 3 is 2.45 bits per heavy atom. The van der Waals surface area contributed by atoms with Gasteiger partial charge in [-0.1, -0.05) is 12.1 Å². The number of hydrogen-bond donors (Lipinski definition) is 2. The fraction of sp³-hybridized carbons (Fsp3) is 0.444. The molecule has 0 saturated carbocycles. The minimum atomic E-state index is -0.502. The summed E-state index contributed by atoms with van der Waals surface area (Å²) in [6.45, 7) is 6.70.